The van der Waals surface area contributed by atoms with Gasteiger partial charge in [-0.05, 0) is 37.4 Å². The number of nitrogens with two attached hydrogens (primary N) is 1. The first-order valence-electron chi connectivity index (χ1n) is 7.02. The lowest BCUT2D eigenvalue weighted by Gasteiger charge is -2.14. The summed E-state index contributed by atoms with van der Waals surface area (Å²) in [6.45, 7) is 4.10. The zero-order valence-electron chi connectivity index (χ0n) is 12.6. The Bertz CT molecular complexity index is 665. The van der Waals surface area contributed by atoms with Crippen LogP contribution in [0.1, 0.15) is 24.6 Å². The van der Waals surface area contributed by atoms with Gasteiger partial charge in [-0.2, -0.15) is 0 Å². The standard InChI is InChI=1S/C16H20N3O2P/c1-3-4-14(22-2)10-5-7-13(20)12(9-10)19-16(21)11-6-8-15(17)18-11/h3-7,9,14,20,22H,8H2,1-2H3,(H2,17,18)(H,19,21)/b4-3-. The second kappa shape index (κ2) is 7.23. The van der Waals surface area contributed by atoms with Crippen LogP contribution in [0.4, 0.5) is 5.69 Å². The van der Waals surface area contributed by atoms with E-state index >= 15 is 0 Å². The molecule has 2 atom stereocenters. The van der Waals surface area contributed by atoms with Crippen molar-refractivity contribution in [1.29, 1.82) is 0 Å². The summed E-state index contributed by atoms with van der Waals surface area (Å²) in [6.07, 6.45) is 6.27. The van der Waals surface area contributed by atoms with Crippen LogP contribution in [0.2, 0.25) is 0 Å². The predicted octanol–water partition coefficient (Wildman–Crippen LogP) is 2.90. The number of aliphatic imine (C=N–C) groups is 1. The predicted molar refractivity (Wildman–Crippen MR) is 92.9 cm³/mol. The molecule has 0 saturated heterocycles. The Morgan fingerprint density at radius 3 is 2.91 bits per heavy atom. The van der Waals surface area contributed by atoms with Crippen LogP contribution in [0.5, 0.6) is 5.75 Å². The van der Waals surface area contributed by atoms with Gasteiger partial charge < -0.3 is 16.2 Å². The van der Waals surface area contributed by atoms with Crippen molar-refractivity contribution >= 4 is 26.0 Å². The average Bonchev–Trinajstić information content (AvgIpc) is 2.94. The topological polar surface area (TPSA) is 87.7 Å². The summed E-state index contributed by atoms with van der Waals surface area (Å²) in [5, 5.41) is 12.6. The number of benzene rings is 1. The third kappa shape index (κ3) is 3.74. The monoisotopic (exact) mass is 317 g/mol. The number of hydrogen-bond donors (Lipinski definition) is 3. The molecule has 0 spiro atoms. The van der Waals surface area contributed by atoms with Crippen LogP contribution < -0.4 is 11.1 Å². The fourth-order valence-electron chi connectivity index (χ4n) is 2.19. The fraction of sp³-hybridized carbons (Fsp3) is 0.250. The van der Waals surface area contributed by atoms with Gasteiger partial charge in [-0.25, -0.2) is 4.99 Å². The summed E-state index contributed by atoms with van der Waals surface area (Å²) in [6, 6.07) is 5.27. The molecule has 2 unspecified atom stereocenters. The molecular formula is C16H20N3O2P. The SMILES string of the molecule is C/C=C\C(PC)c1ccc(O)c(NC(=O)C2=CCC(N)=N2)c1. The van der Waals surface area contributed by atoms with Gasteiger partial charge in [-0.3, -0.25) is 4.79 Å². The first-order valence-corrected chi connectivity index (χ1v) is 8.60. The second-order valence-corrected chi connectivity index (χ2v) is 6.12. The van der Waals surface area contributed by atoms with Gasteiger partial charge in [0.15, 0.2) is 0 Å². The van der Waals surface area contributed by atoms with Crippen molar-refractivity contribution in [3.05, 3.63) is 47.7 Å². The first-order chi connectivity index (χ1) is 10.5. The Morgan fingerprint density at radius 1 is 1.55 bits per heavy atom. The van der Waals surface area contributed by atoms with E-state index in [9.17, 15) is 9.90 Å². The van der Waals surface area contributed by atoms with Crippen molar-refractivity contribution in [2.45, 2.75) is 19.0 Å². The number of allylic oxidation sites excluding steroid dienone is 2. The summed E-state index contributed by atoms with van der Waals surface area (Å²) >= 11 is 0. The maximum absolute atomic E-state index is 12.1. The number of nitrogens with zero attached hydrogens (tertiary/aromatic N) is 1. The van der Waals surface area contributed by atoms with Crippen LogP contribution in [-0.2, 0) is 4.79 Å². The van der Waals surface area contributed by atoms with Gasteiger partial charge in [0.2, 0.25) is 0 Å². The molecule has 4 N–H and O–H groups in total. The van der Waals surface area contributed by atoms with Gasteiger partial charge in [-0.15, -0.1) is 8.58 Å². The van der Waals surface area contributed by atoms with E-state index in [1.807, 2.05) is 19.1 Å². The molecule has 0 radical (unpaired) electrons. The summed E-state index contributed by atoms with van der Waals surface area (Å²) < 4.78 is 0. The van der Waals surface area contributed by atoms with Gasteiger partial charge in [0.25, 0.3) is 5.91 Å². The molecule has 1 aliphatic rings. The van der Waals surface area contributed by atoms with Gasteiger partial charge in [0, 0.05) is 12.1 Å². The number of anilines is 1. The maximum Gasteiger partial charge on any atom is 0.274 e. The van der Waals surface area contributed by atoms with Gasteiger partial charge in [0.1, 0.15) is 17.3 Å². The van der Waals surface area contributed by atoms with Crippen molar-refractivity contribution in [2.24, 2.45) is 10.7 Å². The molecule has 0 saturated carbocycles. The molecule has 0 aliphatic carbocycles. The summed E-state index contributed by atoms with van der Waals surface area (Å²) in [7, 11) is 0.693. The van der Waals surface area contributed by atoms with E-state index in [1.54, 1.807) is 18.2 Å². The quantitative estimate of drug-likeness (QED) is 0.443. The third-order valence-electron chi connectivity index (χ3n) is 3.33. The number of carbonyl (C=O) groups is 1. The smallest absolute Gasteiger partial charge is 0.274 e. The van der Waals surface area contributed by atoms with Gasteiger partial charge in [-0.1, -0.05) is 18.2 Å². The van der Waals surface area contributed by atoms with Crippen molar-refractivity contribution in [3.8, 4) is 5.75 Å². The van der Waals surface area contributed by atoms with Crippen molar-refractivity contribution in [3.63, 3.8) is 0 Å². The number of amidine groups is 1. The molecule has 0 fully saturated rings. The Hall–Kier alpha value is -2.13. The third-order valence-corrected chi connectivity index (χ3v) is 4.47. The van der Waals surface area contributed by atoms with Crippen LogP contribution >= 0.6 is 8.58 Å². The molecule has 5 nitrogen and oxygen atoms in total. The highest BCUT2D eigenvalue weighted by atomic mass is 31.1. The van der Waals surface area contributed by atoms with E-state index in [4.69, 9.17) is 5.73 Å². The molecule has 1 amide bonds. The first kappa shape index (κ1) is 16.2. The van der Waals surface area contributed by atoms with Crippen LogP contribution in [0.15, 0.2) is 47.1 Å². The van der Waals surface area contributed by atoms with E-state index in [1.165, 1.54) is 0 Å². The summed E-state index contributed by atoms with van der Waals surface area (Å²) in [4.78, 5) is 16.1. The molecule has 1 aromatic rings. The van der Waals surface area contributed by atoms with E-state index in [0.717, 1.165) is 5.56 Å². The molecule has 1 heterocycles. The minimum absolute atomic E-state index is 0.0336. The van der Waals surface area contributed by atoms with Crippen molar-refractivity contribution in [1.82, 2.24) is 0 Å². The van der Waals surface area contributed by atoms with E-state index in [-0.39, 0.29) is 23.0 Å². The highest BCUT2D eigenvalue weighted by Crippen LogP contribution is 2.36. The Balaban J connectivity index is 2.22. The lowest BCUT2D eigenvalue weighted by atomic mass is 10.1. The fourth-order valence-corrected chi connectivity index (χ4v) is 3.09. The number of aromatic hydroxyl groups is 1. The summed E-state index contributed by atoms with van der Waals surface area (Å²) in [5.74, 6) is 0.0872. The molecule has 116 valence electrons. The molecule has 6 heteroatoms. The molecule has 0 bridgehead atoms. The number of rotatable bonds is 5. The zero-order valence-corrected chi connectivity index (χ0v) is 13.6. The van der Waals surface area contributed by atoms with Crippen LogP contribution in [-0.4, -0.2) is 23.5 Å². The second-order valence-electron chi connectivity index (χ2n) is 4.92. The molecule has 22 heavy (non-hydrogen) atoms. The number of amides is 1. The van der Waals surface area contributed by atoms with E-state index in [0.29, 0.717) is 26.5 Å². The normalized spacial score (nSPS) is 16.1. The van der Waals surface area contributed by atoms with Crippen LogP contribution in [0.3, 0.4) is 0 Å². The Morgan fingerprint density at radius 2 is 2.32 bits per heavy atom. The minimum atomic E-state index is -0.366. The Labute approximate surface area is 131 Å². The number of nitrogens with one attached hydrogen (secondary N) is 1. The summed E-state index contributed by atoms with van der Waals surface area (Å²) in [5.41, 5.74) is 7.56. The molecule has 2 rings (SSSR count). The van der Waals surface area contributed by atoms with Gasteiger partial charge in [0.05, 0.1) is 5.69 Å². The minimum Gasteiger partial charge on any atom is -0.506 e. The number of phenolic OH excluding ortho intramolecular Hbond substituents is 1. The lowest BCUT2D eigenvalue weighted by molar-refractivity contribution is -0.112. The largest absolute Gasteiger partial charge is 0.506 e. The Kier molecular flexibility index (Phi) is 5.34. The van der Waals surface area contributed by atoms with E-state index < -0.39 is 0 Å². The van der Waals surface area contributed by atoms with Crippen molar-refractivity contribution in [2.75, 3.05) is 12.0 Å². The van der Waals surface area contributed by atoms with E-state index in [2.05, 4.69) is 23.1 Å². The maximum atomic E-state index is 12.1. The highest BCUT2D eigenvalue weighted by Gasteiger charge is 2.16. The molecule has 1 aliphatic heterocycles. The van der Waals surface area contributed by atoms with Crippen molar-refractivity contribution < 1.29 is 9.90 Å². The molecule has 1 aromatic carbocycles. The highest BCUT2D eigenvalue weighted by molar-refractivity contribution is 7.37. The number of carbonyl (C=O) groups excluding carboxylic acids is 1. The molecule has 0 aromatic heterocycles. The average molecular weight is 317 g/mol. The number of hydrogen-bond acceptors (Lipinski definition) is 4. The van der Waals surface area contributed by atoms with Crippen LogP contribution in [0, 0.1) is 0 Å². The van der Waals surface area contributed by atoms with Crippen LogP contribution in [0.25, 0.3) is 0 Å². The molecular weight excluding hydrogens is 297 g/mol. The lowest BCUT2D eigenvalue weighted by Crippen LogP contribution is -2.14. The number of phenols is 1. The van der Waals surface area contributed by atoms with Gasteiger partial charge >= 0.3 is 0 Å². The zero-order chi connectivity index (χ0) is 16.1.